The Bertz CT molecular complexity index is 1400. The van der Waals surface area contributed by atoms with E-state index in [1.165, 1.54) is 12.1 Å². The second kappa shape index (κ2) is 10.4. The number of aromatic amines is 1. The lowest BCUT2D eigenvalue weighted by Crippen LogP contribution is -2.36. The molecule has 1 fully saturated rings. The SMILES string of the molecule is Cc1ccc(C(N)=O)cc1-c1c(C)[nH]c(=O)c(Cl)c1OCc1ccc(F)cc1CNC(=O)NC1CC1. The summed E-state index contributed by atoms with van der Waals surface area (Å²) in [5, 5.41) is 5.38. The number of urea groups is 1. The number of nitrogens with two attached hydrogens (primary N) is 1. The van der Waals surface area contributed by atoms with Crippen molar-refractivity contribution in [3.63, 3.8) is 0 Å². The number of H-pyrrole nitrogens is 1. The van der Waals surface area contributed by atoms with Gasteiger partial charge in [0.05, 0.1) is 0 Å². The molecule has 0 saturated heterocycles. The molecule has 0 bridgehead atoms. The van der Waals surface area contributed by atoms with E-state index in [2.05, 4.69) is 15.6 Å². The average Bonchev–Trinajstić information content (AvgIpc) is 3.64. The van der Waals surface area contributed by atoms with Crippen molar-refractivity contribution in [3.05, 3.63) is 85.5 Å². The first-order valence-electron chi connectivity index (χ1n) is 11.4. The summed E-state index contributed by atoms with van der Waals surface area (Å²) >= 11 is 6.38. The third kappa shape index (κ3) is 5.68. The number of amides is 3. The first kappa shape index (κ1) is 25.2. The third-order valence-electron chi connectivity index (χ3n) is 5.99. The van der Waals surface area contributed by atoms with E-state index in [-0.39, 0.29) is 36.0 Å². The topological polar surface area (TPSA) is 126 Å². The van der Waals surface area contributed by atoms with Crippen molar-refractivity contribution in [1.82, 2.24) is 15.6 Å². The molecule has 3 aromatic rings. The van der Waals surface area contributed by atoms with Crippen LogP contribution in [0.5, 0.6) is 5.75 Å². The average molecular weight is 513 g/mol. The minimum absolute atomic E-state index is 0.0499. The normalized spacial score (nSPS) is 12.8. The number of hydrogen-bond acceptors (Lipinski definition) is 4. The van der Waals surface area contributed by atoms with Crippen molar-refractivity contribution in [2.75, 3.05) is 0 Å². The molecule has 0 aliphatic heterocycles. The first-order chi connectivity index (χ1) is 17.1. The van der Waals surface area contributed by atoms with Crippen molar-refractivity contribution in [2.45, 2.75) is 45.9 Å². The summed E-state index contributed by atoms with van der Waals surface area (Å²) in [4.78, 5) is 39.0. The molecule has 0 unspecified atom stereocenters. The Morgan fingerprint density at radius 1 is 1.17 bits per heavy atom. The van der Waals surface area contributed by atoms with Gasteiger partial charge in [0.15, 0.2) is 5.75 Å². The number of hydrogen-bond donors (Lipinski definition) is 4. The fraction of sp³-hybridized carbons (Fsp3) is 0.269. The predicted molar refractivity (Wildman–Crippen MR) is 135 cm³/mol. The third-order valence-corrected chi connectivity index (χ3v) is 6.33. The fourth-order valence-electron chi connectivity index (χ4n) is 3.86. The molecule has 0 atom stereocenters. The molecule has 0 radical (unpaired) electrons. The Morgan fingerprint density at radius 2 is 1.92 bits per heavy atom. The molecule has 0 spiro atoms. The van der Waals surface area contributed by atoms with E-state index in [0.29, 0.717) is 33.5 Å². The molecule has 1 saturated carbocycles. The van der Waals surface area contributed by atoms with Crippen LogP contribution in [0.1, 0.15) is 45.6 Å². The van der Waals surface area contributed by atoms with E-state index < -0.39 is 17.3 Å². The molecular weight excluding hydrogens is 487 g/mol. The van der Waals surface area contributed by atoms with Gasteiger partial charge in [0.1, 0.15) is 17.4 Å². The van der Waals surface area contributed by atoms with Crippen LogP contribution >= 0.6 is 11.6 Å². The van der Waals surface area contributed by atoms with Crippen molar-refractivity contribution in [3.8, 4) is 16.9 Å². The number of aryl methyl sites for hydroxylation is 2. The summed E-state index contributed by atoms with van der Waals surface area (Å²) in [6, 6.07) is 9.01. The maximum absolute atomic E-state index is 14.0. The first-order valence-corrected chi connectivity index (χ1v) is 11.8. The molecule has 10 heteroatoms. The number of halogens is 2. The standard InChI is InChI=1S/C26H26ClFN4O4/c1-13-3-4-15(24(29)33)10-20(13)21-14(2)31-25(34)22(27)23(21)36-12-16-5-6-18(28)9-17(16)11-30-26(35)32-19-7-8-19/h3-6,9-10,19H,7-8,11-12H2,1-2H3,(H2,29,33)(H,31,34)(H2,30,32,35). The number of rotatable bonds is 8. The van der Waals surface area contributed by atoms with Gasteiger partial charge in [0.2, 0.25) is 5.91 Å². The molecule has 1 aromatic heterocycles. The molecule has 36 heavy (non-hydrogen) atoms. The second-order valence-electron chi connectivity index (χ2n) is 8.79. The number of ether oxygens (including phenoxy) is 1. The number of primary amides is 1. The van der Waals surface area contributed by atoms with Crippen LogP contribution in [0.2, 0.25) is 5.02 Å². The maximum atomic E-state index is 14.0. The Hall–Kier alpha value is -3.85. The van der Waals surface area contributed by atoms with E-state index >= 15 is 0 Å². The van der Waals surface area contributed by atoms with E-state index in [4.69, 9.17) is 22.1 Å². The quantitative estimate of drug-likeness (QED) is 0.362. The summed E-state index contributed by atoms with van der Waals surface area (Å²) in [5.74, 6) is -0.929. The van der Waals surface area contributed by atoms with Crippen molar-refractivity contribution in [1.29, 1.82) is 0 Å². The van der Waals surface area contributed by atoms with Crippen LogP contribution in [0.15, 0.2) is 41.2 Å². The van der Waals surface area contributed by atoms with E-state index in [0.717, 1.165) is 18.4 Å². The highest BCUT2D eigenvalue weighted by atomic mass is 35.5. The molecular formula is C26H26ClFN4O4. The second-order valence-corrected chi connectivity index (χ2v) is 9.17. The maximum Gasteiger partial charge on any atom is 0.315 e. The number of pyridine rings is 1. The van der Waals surface area contributed by atoms with Crippen LogP contribution in [-0.2, 0) is 13.2 Å². The molecule has 4 rings (SSSR count). The van der Waals surface area contributed by atoms with Crippen LogP contribution in [0.25, 0.3) is 11.1 Å². The Kier molecular flexibility index (Phi) is 7.30. The van der Waals surface area contributed by atoms with Crippen molar-refractivity contribution in [2.24, 2.45) is 5.73 Å². The number of carbonyl (C=O) groups is 2. The van der Waals surface area contributed by atoms with Crippen LogP contribution in [0.4, 0.5) is 9.18 Å². The number of carbonyl (C=O) groups excluding carboxylic acids is 2. The lowest BCUT2D eigenvalue weighted by atomic mass is 9.96. The fourth-order valence-corrected chi connectivity index (χ4v) is 4.06. The summed E-state index contributed by atoms with van der Waals surface area (Å²) in [5.41, 5.74) is 8.77. The number of benzene rings is 2. The highest BCUT2D eigenvalue weighted by Gasteiger charge is 2.23. The zero-order chi connectivity index (χ0) is 26.0. The Morgan fingerprint density at radius 3 is 2.61 bits per heavy atom. The van der Waals surface area contributed by atoms with Gasteiger partial charge in [-0.15, -0.1) is 0 Å². The predicted octanol–water partition coefficient (Wildman–Crippen LogP) is 4.09. The van der Waals surface area contributed by atoms with Crippen molar-refractivity contribution < 1.29 is 18.7 Å². The molecule has 1 heterocycles. The number of aromatic nitrogens is 1. The molecule has 1 aliphatic rings. The van der Waals surface area contributed by atoms with Gasteiger partial charge in [-0.1, -0.05) is 23.7 Å². The van der Waals surface area contributed by atoms with Crippen LogP contribution in [-0.4, -0.2) is 23.0 Å². The lowest BCUT2D eigenvalue weighted by Gasteiger charge is -2.18. The largest absolute Gasteiger partial charge is 0.486 e. The van der Waals surface area contributed by atoms with Gasteiger partial charge in [0, 0.05) is 29.4 Å². The summed E-state index contributed by atoms with van der Waals surface area (Å²) in [6.45, 7) is 3.58. The van der Waals surface area contributed by atoms with E-state index in [1.807, 2.05) is 6.92 Å². The molecule has 1 aliphatic carbocycles. The van der Waals surface area contributed by atoms with Gasteiger partial charge in [-0.05, 0) is 73.2 Å². The molecule has 8 nitrogen and oxygen atoms in total. The number of nitrogens with one attached hydrogen (secondary N) is 3. The Labute approximate surface area is 212 Å². The molecule has 188 valence electrons. The van der Waals surface area contributed by atoms with Crippen molar-refractivity contribution >= 4 is 23.5 Å². The minimum Gasteiger partial charge on any atom is -0.486 e. The van der Waals surface area contributed by atoms with Gasteiger partial charge in [0.25, 0.3) is 5.56 Å². The van der Waals surface area contributed by atoms with Gasteiger partial charge in [-0.2, -0.15) is 0 Å². The van der Waals surface area contributed by atoms with E-state index in [9.17, 15) is 18.8 Å². The zero-order valence-corrected chi connectivity index (χ0v) is 20.6. The summed E-state index contributed by atoms with van der Waals surface area (Å²) in [7, 11) is 0. The molecule has 5 N–H and O–H groups in total. The van der Waals surface area contributed by atoms with Gasteiger partial charge >= 0.3 is 6.03 Å². The highest BCUT2D eigenvalue weighted by Crippen LogP contribution is 2.38. The lowest BCUT2D eigenvalue weighted by molar-refractivity contribution is 0.1000. The summed E-state index contributed by atoms with van der Waals surface area (Å²) in [6.07, 6.45) is 1.90. The van der Waals surface area contributed by atoms with Gasteiger partial charge in [-0.25, -0.2) is 9.18 Å². The minimum atomic E-state index is -0.596. The highest BCUT2D eigenvalue weighted by molar-refractivity contribution is 6.32. The van der Waals surface area contributed by atoms with Crippen LogP contribution < -0.4 is 26.7 Å². The van der Waals surface area contributed by atoms with E-state index in [1.54, 1.807) is 31.2 Å². The van der Waals surface area contributed by atoms with Crippen LogP contribution in [0, 0.1) is 19.7 Å². The van der Waals surface area contributed by atoms with Crippen LogP contribution in [0.3, 0.4) is 0 Å². The monoisotopic (exact) mass is 512 g/mol. The van der Waals surface area contributed by atoms with Gasteiger partial charge in [-0.3, -0.25) is 9.59 Å². The molecule has 3 amide bonds. The Balaban J connectivity index is 1.66. The zero-order valence-electron chi connectivity index (χ0n) is 19.8. The smallest absolute Gasteiger partial charge is 0.315 e. The van der Waals surface area contributed by atoms with Gasteiger partial charge < -0.3 is 26.1 Å². The molecule has 2 aromatic carbocycles. The summed E-state index contributed by atoms with van der Waals surface area (Å²) < 4.78 is 20.1.